The molecule has 2 heterocycles. The number of nitrogens with zero attached hydrogens (tertiary/aromatic N) is 2. The summed E-state index contributed by atoms with van der Waals surface area (Å²) in [5, 5.41) is 3.78. The second kappa shape index (κ2) is 11.2. The van der Waals surface area contributed by atoms with Crippen molar-refractivity contribution in [2.45, 2.75) is 58.5 Å². The van der Waals surface area contributed by atoms with Crippen molar-refractivity contribution >= 4 is 15.9 Å². The zero-order valence-electron chi connectivity index (χ0n) is 23.1. The first-order chi connectivity index (χ1) is 18.9. The third-order valence-corrected chi connectivity index (χ3v) is 8.00. The molecule has 11 heteroatoms. The highest BCUT2D eigenvalue weighted by atomic mass is 32.2. The van der Waals surface area contributed by atoms with Gasteiger partial charge in [0.25, 0.3) is 15.9 Å². The highest BCUT2D eigenvalue weighted by molar-refractivity contribution is 7.92. The van der Waals surface area contributed by atoms with Gasteiger partial charge in [0.05, 0.1) is 23.4 Å². The summed E-state index contributed by atoms with van der Waals surface area (Å²) in [6.07, 6.45) is -0.482. The van der Waals surface area contributed by atoms with Crippen molar-refractivity contribution in [2.75, 3.05) is 11.8 Å². The number of nitrogens with one attached hydrogen (secondary N) is 1. The van der Waals surface area contributed by atoms with Crippen LogP contribution in [-0.2, 0) is 22.6 Å². The van der Waals surface area contributed by atoms with Crippen LogP contribution >= 0.6 is 0 Å². The number of ether oxygens (including phenoxy) is 2. The number of rotatable bonds is 10. The van der Waals surface area contributed by atoms with E-state index < -0.39 is 22.4 Å². The van der Waals surface area contributed by atoms with Crippen LogP contribution in [0, 0.1) is 27.7 Å². The summed E-state index contributed by atoms with van der Waals surface area (Å²) >= 11 is 0. The second-order valence-electron chi connectivity index (χ2n) is 9.43. The highest BCUT2D eigenvalue weighted by Gasteiger charge is 2.34. The molecule has 0 bridgehead atoms. The molecule has 4 rings (SSSR count). The smallest absolute Gasteiger partial charge is 0.273 e. The lowest BCUT2D eigenvalue weighted by Crippen LogP contribution is -2.17. The van der Waals surface area contributed by atoms with Gasteiger partial charge >= 0.3 is 0 Å². The Labute approximate surface area is 232 Å². The van der Waals surface area contributed by atoms with Crippen LogP contribution in [0.3, 0.4) is 0 Å². The van der Waals surface area contributed by atoms with Gasteiger partial charge in [0.2, 0.25) is 5.88 Å². The largest absolute Gasteiger partial charge is 0.491 e. The SMILES string of the molecule is CCC(F)(F)c1cc(COc2cc(C)nc(C)c2OC)ccc1-c1ccccc1S(=O)(=O)Nc1onc(C)c1C. The predicted molar refractivity (Wildman–Crippen MR) is 147 cm³/mol. The number of methoxy groups -OCH3 is 1. The maximum Gasteiger partial charge on any atom is 0.273 e. The Morgan fingerprint density at radius 1 is 1.00 bits per heavy atom. The average molecular weight is 572 g/mol. The minimum atomic E-state index is -4.22. The van der Waals surface area contributed by atoms with E-state index in [-0.39, 0.29) is 34.1 Å². The summed E-state index contributed by atoms with van der Waals surface area (Å²) in [7, 11) is -2.71. The van der Waals surface area contributed by atoms with Gasteiger partial charge in [-0.15, -0.1) is 0 Å². The summed E-state index contributed by atoms with van der Waals surface area (Å²) in [6, 6.07) is 12.2. The molecule has 0 aliphatic heterocycles. The van der Waals surface area contributed by atoms with Gasteiger partial charge in [-0.25, -0.2) is 21.9 Å². The zero-order valence-corrected chi connectivity index (χ0v) is 23.9. The molecular weight excluding hydrogens is 540 g/mol. The van der Waals surface area contributed by atoms with Crippen molar-refractivity contribution < 1.29 is 31.2 Å². The van der Waals surface area contributed by atoms with Crippen molar-refractivity contribution in [1.29, 1.82) is 0 Å². The molecule has 212 valence electrons. The van der Waals surface area contributed by atoms with E-state index in [0.717, 1.165) is 5.69 Å². The van der Waals surface area contributed by atoms with Crippen molar-refractivity contribution in [2.24, 2.45) is 0 Å². The van der Waals surface area contributed by atoms with Crippen LogP contribution in [0.1, 0.15) is 47.1 Å². The van der Waals surface area contributed by atoms with E-state index >= 15 is 8.78 Å². The molecule has 40 heavy (non-hydrogen) atoms. The number of anilines is 1. The molecule has 4 aromatic rings. The molecule has 0 atom stereocenters. The van der Waals surface area contributed by atoms with Gasteiger partial charge in [0.15, 0.2) is 11.5 Å². The molecular formula is C29H31F2N3O5S. The number of alkyl halides is 2. The number of aryl methyl sites for hydroxylation is 3. The molecule has 0 aliphatic carbocycles. The first-order valence-electron chi connectivity index (χ1n) is 12.6. The summed E-state index contributed by atoms with van der Waals surface area (Å²) in [5.41, 5.74) is 2.82. The number of hydrogen-bond donors (Lipinski definition) is 1. The number of halogens is 2. The molecule has 0 spiro atoms. The molecule has 0 aliphatic rings. The minimum absolute atomic E-state index is 0.0159. The Kier molecular flexibility index (Phi) is 8.15. The predicted octanol–water partition coefficient (Wildman–Crippen LogP) is 6.86. The van der Waals surface area contributed by atoms with E-state index in [4.69, 9.17) is 14.0 Å². The lowest BCUT2D eigenvalue weighted by atomic mass is 9.92. The molecule has 2 aromatic carbocycles. The molecule has 0 saturated carbocycles. The van der Waals surface area contributed by atoms with Gasteiger partial charge in [-0.2, -0.15) is 0 Å². The van der Waals surface area contributed by atoms with E-state index in [0.29, 0.717) is 34.0 Å². The van der Waals surface area contributed by atoms with E-state index in [2.05, 4.69) is 14.9 Å². The van der Waals surface area contributed by atoms with Crippen LogP contribution in [0.2, 0.25) is 0 Å². The Morgan fingerprint density at radius 2 is 1.73 bits per heavy atom. The quantitative estimate of drug-likeness (QED) is 0.222. The molecule has 2 aromatic heterocycles. The van der Waals surface area contributed by atoms with Gasteiger partial charge in [0, 0.05) is 34.9 Å². The molecule has 0 unspecified atom stereocenters. The summed E-state index contributed by atoms with van der Waals surface area (Å²) in [6.45, 7) is 8.32. The van der Waals surface area contributed by atoms with Crippen molar-refractivity contribution in [3.05, 3.63) is 82.3 Å². The fourth-order valence-electron chi connectivity index (χ4n) is 4.32. The third-order valence-electron chi connectivity index (χ3n) is 6.61. The fraction of sp³-hybridized carbons (Fsp3) is 0.310. The number of pyridine rings is 1. The normalized spacial score (nSPS) is 11.9. The summed E-state index contributed by atoms with van der Waals surface area (Å²) in [4.78, 5) is 4.18. The number of sulfonamides is 1. The standard InChI is InChI=1S/C29H31F2N3O5S/c1-7-29(30,31)24-15-21(16-38-25-14-17(2)32-20(5)27(25)37-6)12-13-22(24)23-10-8-9-11-26(23)40(35,36)34-28-18(3)19(4)33-39-28/h8-15,34H,7,16H2,1-6H3. The maximum atomic E-state index is 15.4. The van der Waals surface area contributed by atoms with E-state index in [1.807, 2.05) is 6.92 Å². The van der Waals surface area contributed by atoms with Crippen LogP contribution in [0.4, 0.5) is 14.7 Å². The van der Waals surface area contributed by atoms with E-state index in [1.54, 1.807) is 39.0 Å². The topological polar surface area (TPSA) is 104 Å². The highest BCUT2D eigenvalue weighted by Crippen LogP contribution is 2.41. The molecule has 0 amide bonds. The van der Waals surface area contributed by atoms with Crippen LogP contribution < -0.4 is 14.2 Å². The zero-order chi connectivity index (χ0) is 29.2. The molecule has 0 saturated heterocycles. The van der Waals surface area contributed by atoms with Gasteiger partial charge in [-0.05, 0) is 51.0 Å². The Bertz CT molecular complexity index is 1650. The van der Waals surface area contributed by atoms with E-state index in [9.17, 15) is 8.42 Å². The average Bonchev–Trinajstić information content (AvgIpc) is 3.23. The van der Waals surface area contributed by atoms with Gasteiger partial charge in [-0.3, -0.25) is 4.98 Å². The first-order valence-corrected chi connectivity index (χ1v) is 14.1. The lowest BCUT2D eigenvalue weighted by Gasteiger charge is -2.22. The van der Waals surface area contributed by atoms with Gasteiger partial charge < -0.3 is 14.0 Å². The maximum absolute atomic E-state index is 15.4. The number of aromatic nitrogens is 2. The molecule has 1 N–H and O–H groups in total. The van der Waals surface area contributed by atoms with Crippen molar-refractivity contribution in [3.8, 4) is 22.6 Å². The summed E-state index contributed by atoms with van der Waals surface area (Å²) < 4.78 is 76.4. The van der Waals surface area contributed by atoms with Crippen molar-refractivity contribution in [3.63, 3.8) is 0 Å². The van der Waals surface area contributed by atoms with Crippen LogP contribution in [0.5, 0.6) is 11.5 Å². The fourth-order valence-corrected chi connectivity index (χ4v) is 5.59. The Morgan fingerprint density at radius 3 is 2.38 bits per heavy atom. The minimum Gasteiger partial charge on any atom is -0.491 e. The van der Waals surface area contributed by atoms with Crippen LogP contribution in [-0.4, -0.2) is 25.7 Å². The number of hydrogen-bond acceptors (Lipinski definition) is 7. The third kappa shape index (κ3) is 5.79. The van der Waals surface area contributed by atoms with Crippen LogP contribution in [0.25, 0.3) is 11.1 Å². The van der Waals surface area contributed by atoms with Crippen LogP contribution in [0.15, 0.2) is 57.9 Å². The van der Waals surface area contributed by atoms with E-state index in [1.165, 1.54) is 44.4 Å². The molecule has 0 fully saturated rings. The number of benzene rings is 2. The second-order valence-corrected chi connectivity index (χ2v) is 11.1. The monoisotopic (exact) mass is 571 g/mol. The molecule has 0 radical (unpaired) electrons. The summed E-state index contributed by atoms with van der Waals surface area (Å²) in [5.74, 6) is -2.36. The Balaban J connectivity index is 1.76. The first kappa shape index (κ1) is 29.0. The van der Waals surface area contributed by atoms with Crippen molar-refractivity contribution in [1.82, 2.24) is 10.1 Å². The molecule has 8 nitrogen and oxygen atoms in total. The van der Waals surface area contributed by atoms with Gasteiger partial charge in [0.1, 0.15) is 6.61 Å². The van der Waals surface area contributed by atoms with Gasteiger partial charge in [-0.1, -0.05) is 42.4 Å². The lowest BCUT2D eigenvalue weighted by molar-refractivity contribution is -0.00782. The Hall–Kier alpha value is -3.99.